The molecule has 6 heteroatoms. The highest BCUT2D eigenvalue weighted by Crippen LogP contribution is 2.26. The Morgan fingerprint density at radius 3 is 2.68 bits per heavy atom. The van der Waals surface area contributed by atoms with Gasteiger partial charge in [-0.25, -0.2) is 4.79 Å². The van der Waals surface area contributed by atoms with Gasteiger partial charge in [0, 0.05) is 11.9 Å². The first kappa shape index (κ1) is 19.4. The van der Waals surface area contributed by atoms with Crippen molar-refractivity contribution >= 4 is 29.0 Å². The van der Waals surface area contributed by atoms with Crippen molar-refractivity contribution in [3.05, 3.63) is 71.4 Å². The molecule has 2 aromatic carbocycles. The molecule has 0 fully saturated rings. The Labute approximate surface area is 164 Å². The fourth-order valence-electron chi connectivity index (χ4n) is 3.09. The van der Waals surface area contributed by atoms with E-state index in [-0.39, 0.29) is 11.5 Å². The van der Waals surface area contributed by atoms with Gasteiger partial charge in [0.15, 0.2) is 0 Å². The highest BCUT2D eigenvalue weighted by molar-refractivity contribution is 6.30. The van der Waals surface area contributed by atoms with Crippen LogP contribution in [0.15, 0.2) is 65.4 Å². The summed E-state index contributed by atoms with van der Waals surface area (Å²) in [4.78, 5) is 24.2. The summed E-state index contributed by atoms with van der Waals surface area (Å²) in [5.41, 5.74) is 3.85. The van der Waals surface area contributed by atoms with E-state index in [4.69, 9.17) is 0 Å². The average Bonchev–Trinajstić information content (AvgIpc) is 3.02. The maximum Gasteiger partial charge on any atom is 0.335 e. The van der Waals surface area contributed by atoms with Crippen LogP contribution >= 0.6 is 0 Å². The number of nitrogens with one attached hydrogen (secondary N) is 1. The van der Waals surface area contributed by atoms with Crippen LogP contribution in [0.5, 0.6) is 0 Å². The molecule has 0 bridgehead atoms. The van der Waals surface area contributed by atoms with E-state index in [0.717, 1.165) is 24.1 Å². The molecule has 0 aromatic heterocycles. The van der Waals surface area contributed by atoms with Gasteiger partial charge in [-0.2, -0.15) is 10.1 Å². The summed E-state index contributed by atoms with van der Waals surface area (Å²) in [6, 6.07) is 14.2. The summed E-state index contributed by atoms with van der Waals surface area (Å²) in [6.07, 6.45) is 4.08. The van der Waals surface area contributed by atoms with Gasteiger partial charge < -0.3 is 10.4 Å². The summed E-state index contributed by atoms with van der Waals surface area (Å²) in [7, 11) is 0. The first-order chi connectivity index (χ1) is 13.5. The smallest absolute Gasteiger partial charge is 0.335 e. The molecule has 0 unspecified atom stereocenters. The van der Waals surface area contributed by atoms with Crippen molar-refractivity contribution in [3.8, 4) is 0 Å². The number of para-hydroxylation sites is 1. The number of carboxylic acids is 1. The third-order valence-electron chi connectivity index (χ3n) is 4.55. The predicted molar refractivity (Wildman–Crippen MR) is 111 cm³/mol. The molecule has 144 valence electrons. The van der Waals surface area contributed by atoms with E-state index in [1.54, 1.807) is 18.3 Å². The summed E-state index contributed by atoms with van der Waals surface area (Å²) in [5.74, 6) is -1.31. The molecule has 0 aliphatic carbocycles. The number of hydrazone groups is 1. The number of anilines is 2. The molecule has 28 heavy (non-hydrogen) atoms. The number of carboxylic acid groups (broad SMARTS) is 1. The lowest BCUT2D eigenvalue weighted by Gasteiger charge is -2.12. The maximum absolute atomic E-state index is 13.0. The van der Waals surface area contributed by atoms with E-state index < -0.39 is 5.97 Å². The molecule has 3 rings (SSSR count). The van der Waals surface area contributed by atoms with Crippen molar-refractivity contribution in [2.24, 2.45) is 5.10 Å². The van der Waals surface area contributed by atoms with Crippen LogP contribution in [0.4, 0.5) is 11.4 Å². The van der Waals surface area contributed by atoms with Gasteiger partial charge >= 0.3 is 5.97 Å². The maximum atomic E-state index is 13.0. The Bertz CT molecular complexity index is 963. The minimum Gasteiger partial charge on any atom is -0.478 e. The van der Waals surface area contributed by atoms with E-state index in [1.807, 2.05) is 31.2 Å². The highest BCUT2D eigenvalue weighted by atomic mass is 16.4. The van der Waals surface area contributed by atoms with Gasteiger partial charge in [-0.05, 0) is 42.7 Å². The fraction of sp³-hybridized carbons (Fsp3) is 0.227. The summed E-state index contributed by atoms with van der Waals surface area (Å²) in [5, 5.41) is 18.2. The van der Waals surface area contributed by atoms with Crippen LogP contribution in [-0.4, -0.2) is 22.7 Å². The lowest BCUT2D eigenvalue weighted by Crippen LogP contribution is -2.22. The highest BCUT2D eigenvalue weighted by Gasteiger charge is 2.31. The van der Waals surface area contributed by atoms with Crippen molar-refractivity contribution in [1.29, 1.82) is 0 Å². The standard InChI is InChI=1S/C22H23N3O3/c1-3-8-20-18(14-23-19-12-6-5-9-15(19)4-2)21(26)25(24-20)17-11-7-10-16(13-17)22(27)28/h5-7,9-14,23H,3-4,8H2,1-2H3,(H,27,28). The molecule has 6 nitrogen and oxygen atoms in total. The van der Waals surface area contributed by atoms with Gasteiger partial charge in [0.25, 0.3) is 5.91 Å². The number of nitrogens with zero attached hydrogens (tertiary/aromatic N) is 2. The number of rotatable bonds is 7. The zero-order chi connectivity index (χ0) is 20.1. The van der Waals surface area contributed by atoms with Crippen molar-refractivity contribution < 1.29 is 14.7 Å². The van der Waals surface area contributed by atoms with Crippen molar-refractivity contribution in [2.45, 2.75) is 33.1 Å². The first-order valence-electron chi connectivity index (χ1n) is 9.35. The summed E-state index contributed by atoms with van der Waals surface area (Å²) < 4.78 is 0. The van der Waals surface area contributed by atoms with Crippen molar-refractivity contribution in [1.82, 2.24) is 0 Å². The normalized spacial score (nSPS) is 15.1. The van der Waals surface area contributed by atoms with Crippen molar-refractivity contribution in [3.63, 3.8) is 0 Å². The zero-order valence-corrected chi connectivity index (χ0v) is 16.0. The van der Waals surface area contributed by atoms with Crippen molar-refractivity contribution in [2.75, 3.05) is 10.3 Å². The monoisotopic (exact) mass is 377 g/mol. The Balaban J connectivity index is 1.92. The van der Waals surface area contributed by atoms with Gasteiger partial charge in [-0.1, -0.05) is 44.5 Å². The second kappa shape index (κ2) is 8.52. The minimum absolute atomic E-state index is 0.116. The SMILES string of the molecule is CCCC1=NN(c2cccc(C(=O)O)c2)C(=O)C1=CNc1ccccc1CC. The van der Waals surface area contributed by atoms with Crippen LogP contribution in [0.2, 0.25) is 0 Å². The first-order valence-corrected chi connectivity index (χ1v) is 9.35. The predicted octanol–water partition coefficient (Wildman–Crippen LogP) is 4.45. The number of amides is 1. The number of hydrogen-bond donors (Lipinski definition) is 2. The quantitative estimate of drug-likeness (QED) is 0.699. The number of carbonyl (C=O) groups excluding carboxylic acids is 1. The number of aryl methyl sites for hydroxylation is 1. The third kappa shape index (κ3) is 3.96. The molecule has 1 heterocycles. The molecule has 1 aliphatic rings. The number of benzene rings is 2. The van der Waals surface area contributed by atoms with Crippen LogP contribution in [0.25, 0.3) is 0 Å². The van der Waals surface area contributed by atoms with E-state index >= 15 is 0 Å². The fourth-order valence-corrected chi connectivity index (χ4v) is 3.09. The van der Waals surface area contributed by atoms with Crippen LogP contribution < -0.4 is 10.3 Å². The van der Waals surface area contributed by atoms with Gasteiger partial charge in [0.2, 0.25) is 0 Å². The van der Waals surface area contributed by atoms with Crippen LogP contribution in [0.3, 0.4) is 0 Å². The summed E-state index contributed by atoms with van der Waals surface area (Å²) in [6.45, 7) is 4.10. The molecule has 2 aromatic rings. The second-order valence-electron chi connectivity index (χ2n) is 6.48. The Morgan fingerprint density at radius 1 is 1.18 bits per heavy atom. The molecule has 0 atom stereocenters. The van der Waals surface area contributed by atoms with E-state index in [9.17, 15) is 14.7 Å². The van der Waals surface area contributed by atoms with E-state index in [0.29, 0.717) is 23.4 Å². The molecule has 0 spiro atoms. The van der Waals surface area contributed by atoms with Crippen LogP contribution in [-0.2, 0) is 11.2 Å². The van der Waals surface area contributed by atoms with Gasteiger partial charge in [0.05, 0.1) is 22.5 Å². The minimum atomic E-state index is -1.04. The number of aromatic carboxylic acids is 1. The number of carbonyl (C=O) groups is 2. The Morgan fingerprint density at radius 2 is 1.96 bits per heavy atom. The second-order valence-corrected chi connectivity index (χ2v) is 6.48. The molecule has 0 radical (unpaired) electrons. The molecule has 0 saturated carbocycles. The Kier molecular flexibility index (Phi) is 5.89. The summed E-state index contributed by atoms with van der Waals surface area (Å²) >= 11 is 0. The van der Waals surface area contributed by atoms with Crippen LogP contribution in [0.1, 0.15) is 42.6 Å². The largest absolute Gasteiger partial charge is 0.478 e. The molecule has 1 aliphatic heterocycles. The molecule has 2 N–H and O–H groups in total. The van der Waals surface area contributed by atoms with Gasteiger partial charge in [-0.15, -0.1) is 0 Å². The average molecular weight is 377 g/mol. The van der Waals surface area contributed by atoms with E-state index in [2.05, 4.69) is 17.3 Å². The molecular weight excluding hydrogens is 354 g/mol. The third-order valence-corrected chi connectivity index (χ3v) is 4.55. The van der Waals surface area contributed by atoms with Gasteiger partial charge in [0.1, 0.15) is 0 Å². The van der Waals surface area contributed by atoms with E-state index in [1.165, 1.54) is 17.1 Å². The molecule has 1 amide bonds. The number of hydrogen-bond acceptors (Lipinski definition) is 4. The molecular formula is C22H23N3O3. The topological polar surface area (TPSA) is 82.0 Å². The van der Waals surface area contributed by atoms with Crippen LogP contribution in [0, 0.1) is 0 Å². The van der Waals surface area contributed by atoms with Gasteiger partial charge in [-0.3, -0.25) is 4.79 Å². The lowest BCUT2D eigenvalue weighted by molar-refractivity contribution is -0.114. The molecule has 0 saturated heterocycles. The zero-order valence-electron chi connectivity index (χ0n) is 16.0. The Hall–Kier alpha value is -3.41. The lowest BCUT2D eigenvalue weighted by atomic mass is 10.1.